The molecule has 0 atom stereocenters. The molecule has 0 amide bonds. The van der Waals surface area contributed by atoms with Crippen LogP contribution < -0.4 is 5.32 Å². The second kappa shape index (κ2) is 6.25. The maximum Gasteiger partial charge on any atom is 0.0746 e. The quantitative estimate of drug-likeness (QED) is 0.694. The first-order chi connectivity index (χ1) is 9.93. The third-order valence-corrected chi connectivity index (χ3v) is 3.24. The average molecular weight is 267 g/mol. The summed E-state index contributed by atoms with van der Waals surface area (Å²) in [7, 11) is 0. The van der Waals surface area contributed by atoms with E-state index in [4.69, 9.17) is 0 Å². The molecule has 0 bridgehead atoms. The van der Waals surface area contributed by atoms with Crippen LogP contribution in [0.3, 0.4) is 0 Å². The smallest absolute Gasteiger partial charge is 0.0746 e. The van der Waals surface area contributed by atoms with Crippen LogP contribution in [0.4, 0.5) is 0 Å². The van der Waals surface area contributed by atoms with E-state index < -0.39 is 0 Å². The van der Waals surface area contributed by atoms with Gasteiger partial charge in [-0.1, -0.05) is 29.5 Å². The fourth-order valence-corrected chi connectivity index (χ4v) is 2.25. The molecule has 0 spiro atoms. The fourth-order valence-electron chi connectivity index (χ4n) is 2.25. The Balaban J connectivity index is 1.52. The first-order valence-electron chi connectivity index (χ1n) is 6.81. The molecule has 0 aliphatic rings. The maximum absolute atomic E-state index is 4.46. The number of hydrogen-bond acceptors (Lipinski definition) is 4. The molecule has 102 valence electrons. The molecule has 0 aliphatic heterocycles. The van der Waals surface area contributed by atoms with Crippen molar-refractivity contribution < 1.29 is 0 Å². The van der Waals surface area contributed by atoms with Crippen LogP contribution >= 0.6 is 0 Å². The van der Waals surface area contributed by atoms with Crippen LogP contribution in [-0.4, -0.2) is 26.5 Å². The van der Waals surface area contributed by atoms with E-state index in [1.54, 1.807) is 6.20 Å². The molecule has 2 aromatic heterocycles. The largest absolute Gasteiger partial charge is 0.313 e. The monoisotopic (exact) mass is 267 g/mol. The summed E-state index contributed by atoms with van der Waals surface area (Å²) in [5, 5.41) is 12.4. The number of nitrogens with zero attached hydrogens (tertiary/aromatic N) is 4. The molecule has 1 aromatic carbocycles. The van der Waals surface area contributed by atoms with Gasteiger partial charge in [0.1, 0.15) is 0 Å². The van der Waals surface area contributed by atoms with E-state index >= 15 is 0 Å². The molecule has 0 aliphatic carbocycles. The van der Waals surface area contributed by atoms with Gasteiger partial charge in [0.05, 0.1) is 11.7 Å². The summed E-state index contributed by atoms with van der Waals surface area (Å²) < 4.78 is 1.85. The average Bonchev–Trinajstić information content (AvgIpc) is 3.00. The zero-order chi connectivity index (χ0) is 13.6. The molecule has 0 fully saturated rings. The van der Waals surface area contributed by atoms with Crippen molar-refractivity contribution in [3.05, 3.63) is 54.5 Å². The second-order valence-electron chi connectivity index (χ2n) is 4.69. The summed E-state index contributed by atoms with van der Waals surface area (Å²) in [5.74, 6) is 0. The lowest BCUT2D eigenvalue weighted by Gasteiger charge is -2.07. The summed E-state index contributed by atoms with van der Waals surface area (Å²) in [6.45, 7) is 2.68. The Kier molecular flexibility index (Phi) is 3.99. The van der Waals surface area contributed by atoms with Gasteiger partial charge in [0.15, 0.2) is 0 Å². The number of nitrogens with one attached hydrogen (secondary N) is 1. The number of hydrogen-bond donors (Lipinski definition) is 1. The van der Waals surface area contributed by atoms with Crippen LogP contribution in [0, 0.1) is 0 Å². The van der Waals surface area contributed by atoms with Crippen LogP contribution in [-0.2, 0) is 13.1 Å². The van der Waals surface area contributed by atoms with Gasteiger partial charge in [0, 0.05) is 30.9 Å². The zero-order valence-corrected chi connectivity index (χ0v) is 11.2. The first-order valence-corrected chi connectivity index (χ1v) is 6.81. The van der Waals surface area contributed by atoms with Gasteiger partial charge in [-0.3, -0.25) is 9.67 Å². The van der Waals surface area contributed by atoms with Gasteiger partial charge in [-0.2, -0.15) is 0 Å². The number of aromatic nitrogens is 4. The minimum Gasteiger partial charge on any atom is -0.313 e. The van der Waals surface area contributed by atoms with Gasteiger partial charge >= 0.3 is 0 Å². The lowest BCUT2D eigenvalue weighted by atomic mass is 10.1. The highest BCUT2D eigenvalue weighted by Gasteiger charge is 2.00. The van der Waals surface area contributed by atoms with Crippen molar-refractivity contribution in [2.45, 2.75) is 19.5 Å². The first kappa shape index (κ1) is 12.7. The lowest BCUT2D eigenvalue weighted by Crippen LogP contribution is -2.17. The number of pyridine rings is 1. The molecule has 0 radical (unpaired) electrons. The highest BCUT2D eigenvalue weighted by molar-refractivity contribution is 5.81. The predicted octanol–water partition coefficient (Wildman–Crippen LogP) is 2.01. The van der Waals surface area contributed by atoms with E-state index in [-0.39, 0.29) is 0 Å². The van der Waals surface area contributed by atoms with Gasteiger partial charge in [-0.25, -0.2) is 0 Å². The normalized spacial score (nSPS) is 11.0. The van der Waals surface area contributed by atoms with Gasteiger partial charge in [-0.05, 0) is 24.6 Å². The lowest BCUT2D eigenvalue weighted by molar-refractivity contribution is 0.530. The summed E-state index contributed by atoms with van der Waals surface area (Å²) in [6, 6.07) is 10.4. The van der Waals surface area contributed by atoms with Crippen LogP contribution in [0.5, 0.6) is 0 Å². The summed E-state index contributed by atoms with van der Waals surface area (Å²) in [6.07, 6.45) is 6.46. The summed E-state index contributed by atoms with van der Waals surface area (Å²) in [4.78, 5) is 4.46. The van der Waals surface area contributed by atoms with Gasteiger partial charge in [0.25, 0.3) is 0 Å². The predicted molar refractivity (Wildman–Crippen MR) is 78.1 cm³/mol. The number of benzene rings is 1. The molecule has 5 nitrogen and oxygen atoms in total. The molecular formula is C15H17N5. The highest BCUT2D eigenvalue weighted by atomic mass is 15.4. The van der Waals surface area contributed by atoms with Crippen molar-refractivity contribution in [2.75, 3.05) is 6.54 Å². The molecule has 0 unspecified atom stereocenters. The van der Waals surface area contributed by atoms with Crippen LogP contribution in [0.15, 0.2) is 48.9 Å². The Labute approximate surface area is 117 Å². The van der Waals surface area contributed by atoms with Gasteiger partial charge < -0.3 is 5.32 Å². The number of fused-ring (bicyclic) bond motifs is 1. The van der Waals surface area contributed by atoms with E-state index in [0.29, 0.717) is 0 Å². The second-order valence-corrected chi connectivity index (χ2v) is 4.69. The van der Waals surface area contributed by atoms with Gasteiger partial charge in [0.2, 0.25) is 0 Å². The van der Waals surface area contributed by atoms with E-state index in [9.17, 15) is 0 Å². The van der Waals surface area contributed by atoms with Crippen LogP contribution in [0.25, 0.3) is 10.9 Å². The molecule has 0 saturated carbocycles. The minimum absolute atomic E-state index is 0.839. The van der Waals surface area contributed by atoms with E-state index in [0.717, 1.165) is 31.6 Å². The highest BCUT2D eigenvalue weighted by Crippen LogP contribution is 2.15. The summed E-state index contributed by atoms with van der Waals surface area (Å²) >= 11 is 0. The van der Waals surface area contributed by atoms with Crippen molar-refractivity contribution in [1.29, 1.82) is 0 Å². The molecule has 3 rings (SSSR count). The third-order valence-electron chi connectivity index (χ3n) is 3.24. The molecule has 1 N–H and O–H groups in total. The van der Waals surface area contributed by atoms with Crippen LogP contribution in [0.2, 0.25) is 0 Å². The zero-order valence-electron chi connectivity index (χ0n) is 11.2. The third kappa shape index (κ3) is 3.00. The molecule has 2 heterocycles. The van der Waals surface area contributed by atoms with Crippen molar-refractivity contribution in [1.82, 2.24) is 25.3 Å². The Morgan fingerprint density at radius 3 is 2.95 bits per heavy atom. The topological polar surface area (TPSA) is 55.6 Å². The van der Waals surface area contributed by atoms with E-state index in [2.05, 4.69) is 44.9 Å². The Hall–Kier alpha value is -2.27. The van der Waals surface area contributed by atoms with Crippen molar-refractivity contribution in [3.63, 3.8) is 0 Å². The Bertz CT molecular complexity index is 658. The Morgan fingerprint density at radius 2 is 2.05 bits per heavy atom. The summed E-state index contributed by atoms with van der Waals surface area (Å²) in [5.41, 5.74) is 2.32. The van der Waals surface area contributed by atoms with E-state index in [1.165, 1.54) is 10.9 Å². The maximum atomic E-state index is 4.46. The SMILES string of the molecule is c1cnc2c(CNCCCn3ccnn3)cccc2c1. The van der Waals surface area contributed by atoms with E-state index in [1.807, 2.05) is 23.1 Å². The fraction of sp³-hybridized carbons (Fsp3) is 0.267. The van der Waals surface area contributed by atoms with Crippen molar-refractivity contribution in [2.24, 2.45) is 0 Å². The van der Waals surface area contributed by atoms with Crippen molar-refractivity contribution >= 4 is 10.9 Å². The number of aryl methyl sites for hydroxylation is 1. The number of para-hydroxylation sites is 1. The van der Waals surface area contributed by atoms with Crippen LogP contribution in [0.1, 0.15) is 12.0 Å². The standard InChI is InChI=1S/C15H17N5/c1-4-13-6-2-8-17-15(13)14(5-1)12-16-7-3-10-20-11-9-18-19-20/h1-2,4-6,8-9,11,16H,3,7,10,12H2. The molecular weight excluding hydrogens is 250 g/mol. The Morgan fingerprint density at radius 1 is 1.10 bits per heavy atom. The number of rotatable bonds is 6. The molecule has 20 heavy (non-hydrogen) atoms. The van der Waals surface area contributed by atoms with Gasteiger partial charge in [-0.15, -0.1) is 5.10 Å². The van der Waals surface area contributed by atoms with Crippen molar-refractivity contribution in [3.8, 4) is 0 Å². The minimum atomic E-state index is 0.839. The molecule has 5 heteroatoms. The molecule has 0 saturated heterocycles. The molecule has 3 aromatic rings.